The van der Waals surface area contributed by atoms with E-state index in [4.69, 9.17) is 4.74 Å². The Hall–Kier alpha value is -2.63. The molecule has 11 heteroatoms. The van der Waals surface area contributed by atoms with Crippen LogP contribution in [0.5, 0.6) is 0 Å². The number of dihydropyridines is 1. The smallest absolute Gasteiger partial charge is 0.377 e. The third-order valence-corrected chi connectivity index (χ3v) is 9.82. The van der Waals surface area contributed by atoms with Crippen LogP contribution >= 0.6 is 11.8 Å². The van der Waals surface area contributed by atoms with Gasteiger partial charge < -0.3 is 14.6 Å². The topological polar surface area (TPSA) is 84.7 Å². The minimum atomic E-state index is -4.34. The zero-order chi connectivity index (χ0) is 29.5. The molecule has 1 saturated heterocycles. The summed E-state index contributed by atoms with van der Waals surface area (Å²) in [6.45, 7) is 5.36. The Morgan fingerprint density at radius 2 is 1.88 bits per heavy atom. The molecular formula is C30H37F3N4O3S. The molecule has 1 saturated carbocycles. The van der Waals surface area contributed by atoms with Gasteiger partial charge in [0.1, 0.15) is 0 Å². The third kappa shape index (κ3) is 5.60. The first-order valence-electron chi connectivity index (χ1n) is 14.1. The Morgan fingerprint density at radius 3 is 2.49 bits per heavy atom. The van der Waals surface area contributed by atoms with Gasteiger partial charge in [-0.05, 0) is 70.8 Å². The molecule has 0 bridgehead atoms. The molecule has 1 aliphatic carbocycles. The summed E-state index contributed by atoms with van der Waals surface area (Å²) in [5.74, 6) is -0.735. The van der Waals surface area contributed by atoms with Crippen molar-refractivity contribution in [2.24, 2.45) is 16.8 Å². The van der Waals surface area contributed by atoms with Gasteiger partial charge in [-0.2, -0.15) is 13.2 Å². The molecule has 2 amide bonds. The summed E-state index contributed by atoms with van der Waals surface area (Å²) in [7, 11) is 0. The molecule has 2 atom stereocenters. The number of halogens is 3. The van der Waals surface area contributed by atoms with Crippen molar-refractivity contribution in [2.75, 3.05) is 26.0 Å². The van der Waals surface area contributed by atoms with Gasteiger partial charge in [0.05, 0.1) is 24.7 Å². The summed E-state index contributed by atoms with van der Waals surface area (Å²) in [6, 6.07) is 7.63. The van der Waals surface area contributed by atoms with Gasteiger partial charge in [0.2, 0.25) is 0 Å². The molecule has 3 heterocycles. The molecule has 7 nitrogen and oxygen atoms in total. The monoisotopic (exact) mass is 590 g/mol. The highest BCUT2D eigenvalue weighted by Gasteiger charge is 2.60. The van der Waals surface area contributed by atoms with Crippen LogP contribution in [0.25, 0.3) is 10.9 Å². The highest BCUT2D eigenvalue weighted by molar-refractivity contribution is 8.02. The molecule has 1 aromatic heterocycles. The number of carbonyl (C=O) groups is 2. The molecular weight excluding hydrogens is 553 g/mol. The van der Waals surface area contributed by atoms with E-state index in [1.807, 2.05) is 43.5 Å². The number of amides is 2. The fourth-order valence-corrected chi connectivity index (χ4v) is 7.33. The van der Waals surface area contributed by atoms with E-state index < -0.39 is 17.6 Å². The number of thioether (sulfide) groups is 1. The highest BCUT2D eigenvalue weighted by Crippen LogP contribution is 2.41. The number of carbonyl (C=O) groups excluding carboxylic acids is 2. The van der Waals surface area contributed by atoms with Gasteiger partial charge in [0.25, 0.3) is 11.8 Å². The first-order chi connectivity index (χ1) is 19.5. The normalized spacial score (nSPS) is 25.3. The van der Waals surface area contributed by atoms with Gasteiger partial charge in [-0.25, -0.2) is 4.99 Å². The first kappa shape index (κ1) is 29.8. The van der Waals surface area contributed by atoms with Gasteiger partial charge in [-0.3, -0.25) is 14.9 Å². The molecule has 0 spiro atoms. The van der Waals surface area contributed by atoms with Crippen molar-refractivity contribution >= 4 is 40.2 Å². The SMILES string of the molecule is CSC1=CC(C)=NC(=O)C1CNC(=O)c1c(C)n([C@H](C)C2CCC(NC3(C(F)(F)F)COC3)CC2)c2ccccc12. The lowest BCUT2D eigenvalue weighted by Gasteiger charge is -2.46. The molecule has 41 heavy (non-hydrogen) atoms. The van der Waals surface area contributed by atoms with E-state index in [0.717, 1.165) is 34.3 Å². The summed E-state index contributed by atoms with van der Waals surface area (Å²) < 4.78 is 48.0. The zero-order valence-electron chi connectivity index (χ0n) is 23.8. The van der Waals surface area contributed by atoms with Crippen molar-refractivity contribution in [3.8, 4) is 0 Å². The number of nitrogens with one attached hydrogen (secondary N) is 2. The van der Waals surface area contributed by atoms with Crippen molar-refractivity contribution in [3.05, 3.63) is 46.5 Å². The molecule has 5 rings (SSSR count). The molecule has 0 radical (unpaired) electrons. The number of allylic oxidation sites excluding steroid dienone is 1. The minimum absolute atomic E-state index is 0.0503. The van der Waals surface area contributed by atoms with E-state index in [-0.39, 0.29) is 49.6 Å². The maximum Gasteiger partial charge on any atom is 0.411 e. The summed E-state index contributed by atoms with van der Waals surface area (Å²) in [6.07, 6.45) is 2.34. The van der Waals surface area contributed by atoms with Crippen LogP contribution in [0.15, 0.2) is 40.2 Å². The molecule has 222 valence electrons. The fourth-order valence-electron chi connectivity index (χ4n) is 6.57. The molecule has 2 aliphatic heterocycles. The van der Waals surface area contributed by atoms with Gasteiger partial charge >= 0.3 is 6.18 Å². The molecule has 2 N–H and O–H groups in total. The van der Waals surface area contributed by atoms with E-state index in [0.29, 0.717) is 24.1 Å². The minimum Gasteiger partial charge on any atom is -0.377 e. The average molecular weight is 591 g/mol. The summed E-state index contributed by atoms with van der Waals surface area (Å²) in [5.41, 5.74) is 1.10. The van der Waals surface area contributed by atoms with Crippen LogP contribution in [-0.2, 0) is 9.53 Å². The van der Waals surface area contributed by atoms with Crippen molar-refractivity contribution in [1.82, 2.24) is 15.2 Å². The van der Waals surface area contributed by atoms with Crippen LogP contribution in [0.1, 0.15) is 61.6 Å². The quantitative estimate of drug-likeness (QED) is 0.419. The van der Waals surface area contributed by atoms with Crippen LogP contribution in [0.2, 0.25) is 0 Å². The number of benzene rings is 1. The number of fused-ring (bicyclic) bond motifs is 1. The zero-order valence-corrected chi connectivity index (χ0v) is 24.6. The number of para-hydroxylation sites is 1. The molecule has 2 aromatic rings. The number of aliphatic imine (C=N–C) groups is 1. The summed E-state index contributed by atoms with van der Waals surface area (Å²) >= 11 is 1.48. The number of nitrogens with zero attached hydrogens (tertiary/aromatic N) is 2. The van der Waals surface area contributed by atoms with E-state index in [1.54, 1.807) is 6.92 Å². The van der Waals surface area contributed by atoms with E-state index in [2.05, 4.69) is 27.1 Å². The summed E-state index contributed by atoms with van der Waals surface area (Å²) in [4.78, 5) is 31.1. The average Bonchev–Trinajstić information content (AvgIpc) is 3.20. The molecule has 1 aromatic carbocycles. The van der Waals surface area contributed by atoms with Gasteiger partial charge in [-0.15, -0.1) is 11.8 Å². The third-order valence-electron chi connectivity index (χ3n) is 8.95. The number of hydrogen-bond acceptors (Lipinski definition) is 5. The Labute approximate surface area is 242 Å². The second-order valence-electron chi connectivity index (χ2n) is 11.5. The van der Waals surface area contributed by atoms with Gasteiger partial charge in [-0.1, -0.05) is 18.2 Å². The number of ether oxygens (including phenoxy) is 1. The van der Waals surface area contributed by atoms with E-state index in [1.165, 1.54) is 11.8 Å². The van der Waals surface area contributed by atoms with Crippen molar-refractivity contribution in [3.63, 3.8) is 0 Å². The standard InChI is InChI=1S/C30H37F3N4O3S/c1-17-13-25(41-4)23(27(38)35-17)14-34-28(39)26-19(3)37(24-8-6-5-7-22(24)26)18(2)20-9-11-21(12-10-20)36-29(15-40-16-29)30(31,32)33/h5-8,13,18,20-21,23,36H,9-12,14-16H2,1-4H3,(H,34,39)/t18-,20?,21?,23?/m1/s1. The number of hydrogen-bond donors (Lipinski definition) is 2. The molecule has 2 fully saturated rings. The highest BCUT2D eigenvalue weighted by atomic mass is 32.2. The van der Waals surface area contributed by atoms with Crippen molar-refractivity contribution in [2.45, 2.75) is 70.3 Å². The number of rotatable bonds is 8. The lowest BCUT2D eigenvalue weighted by molar-refractivity contribution is -0.270. The van der Waals surface area contributed by atoms with Crippen LogP contribution in [-0.4, -0.2) is 65.9 Å². The predicted octanol–water partition coefficient (Wildman–Crippen LogP) is 5.58. The second-order valence-corrected chi connectivity index (χ2v) is 12.4. The maximum atomic E-state index is 13.6. The van der Waals surface area contributed by atoms with Crippen LogP contribution in [0.4, 0.5) is 13.2 Å². The first-order valence-corrected chi connectivity index (χ1v) is 15.3. The van der Waals surface area contributed by atoms with Crippen LogP contribution in [0, 0.1) is 18.8 Å². The number of alkyl halides is 3. The van der Waals surface area contributed by atoms with Gasteiger partial charge in [0.15, 0.2) is 5.54 Å². The Bertz CT molecular complexity index is 1390. The summed E-state index contributed by atoms with van der Waals surface area (Å²) in [5, 5.41) is 6.70. The lowest BCUT2D eigenvalue weighted by Crippen LogP contribution is -2.71. The van der Waals surface area contributed by atoms with E-state index in [9.17, 15) is 22.8 Å². The maximum absolute atomic E-state index is 13.6. The largest absolute Gasteiger partial charge is 0.411 e. The van der Waals surface area contributed by atoms with Gasteiger partial charge in [0, 0.05) is 45.8 Å². The molecule has 3 aliphatic rings. The predicted molar refractivity (Wildman–Crippen MR) is 155 cm³/mol. The Kier molecular flexibility index (Phi) is 8.42. The van der Waals surface area contributed by atoms with Crippen LogP contribution < -0.4 is 10.6 Å². The Morgan fingerprint density at radius 1 is 1.20 bits per heavy atom. The van der Waals surface area contributed by atoms with Crippen molar-refractivity contribution < 1.29 is 27.5 Å². The number of aromatic nitrogens is 1. The van der Waals surface area contributed by atoms with E-state index >= 15 is 0 Å². The second kappa shape index (κ2) is 11.6. The van der Waals surface area contributed by atoms with Crippen molar-refractivity contribution in [1.29, 1.82) is 0 Å². The van der Waals surface area contributed by atoms with Crippen LogP contribution in [0.3, 0.4) is 0 Å². The lowest BCUT2D eigenvalue weighted by atomic mass is 9.80. The Balaban J connectivity index is 1.31. The fraction of sp³-hybridized carbons (Fsp3) is 0.567. The molecule has 1 unspecified atom stereocenters.